The Morgan fingerprint density at radius 1 is 0.412 bits per heavy atom. The number of aliphatic carboxylic acids is 1. The molecule has 568 valence electrons. The van der Waals surface area contributed by atoms with E-state index in [1.165, 1.54) is 120 Å². The second-order valence-electron chi connectivity index (χ2n) is 24.0. The molecule has 0 aromatic rings. The number of unbranched alkanes of at least 4 members (excludes halogenated alkanes) is 24. The number of carbonyl (C=O) groups excluding carboxylic acids is 9. The third kappa shape index (κ3) is 51.8. The fourth-order valence-corrected chi connectivity index (χ4v) is 10.4. The minimum atomic E-state index is -1.14. The molecule has 0 radical (unpaired) electrons. The predicted octanol–water partition coefficient (Wildman–Crippen LogP) is 5.32. The number of aliphatic hydroxyl groups excluding tert-OH is 4. The van der Waals surface area contributed by atoms with Crippen molar-refractivity contribution in [1.29, 1.82) is 0 Å². The Morgan fingerprint density at radius 3 is 0.959 bits per heavy atom. The number of rotatable bonds is 49. The molecular formula is C66H122N4O25S2. The van der Waals surface area contributed by atoms with Crippen LogP contribution in [-0.2, 0) is 95.3 Å². The van der Waals surface area contributed by atoms with Crippen molar-refractivity contribution in [3.63, 3.8) is 0 Å². The average molecular weight is 1440 g/mol. The molecule has 29 nitrogen and oxygen atoms in total. The number of nitrogens with one attached hydrogen (secondary N) is 3. The molecule has 0 aromatic carbocycles. The summed E-state index contributed by atoms with van der Waals surface area (Å²) in [5.41, 5.74) is 4.87. The Hall–Kier alpha value is -4.96. The summed E-state index contributed by atoms with van der Waals surface area (Å²) >= 11 is 0. The van der Waals surface area contributed by atoms with E-state index < -0.39 is 127 Å². The average Bonchev–Trinajstić information content (AvgIpc) is 0.801. The number of carboxylic acid groups (broad SMARTS) is 1. The summed E-state index contributed by atoms with van der Waals surface area (Å²) < 4.78 is 55.9. The molecular weight excluding hydrogens is 1310 g/mol. The van der Waals surface area contributed by atoms with Crippen molar-refractivity contribution in [1.82, 2.24) is 16.0 Å². The largest absolute Gasteiger partial charge is 0.481 e. The lowest BCUT2D eigenvalue weighted by atomic mass is 9.96. The van der Waals surface area contributed by atoms with E-state index in [0.717, 1.165) is 103 Å². The van der Waals surface area contributed by atoms with Crippen molar-refractivity contribution in [2.24, 2.45) is 5.73 Å². The standard InChI is InChI=1S/C33H58N2O12.C30H51NO11.C3H9NO2.2H2S/c1-23(37)35-30-32(46-26(4)40)31(45-25(3)39)28(22-44-24(2)38)47-33(30)43-19-17-15-13-11-9-7-5-6-8-10-12-14-16-18-29(42)34-20-27(41)21-36;1-21(32)31-27-29(41-24(4)35)28(40-23(3)34)25(20-39-22(2)33)42-30(27)38-19-17-15-13-11-9-7-5-6-8-10-12-14-16-18-26(36)37;4-1-3(6)2-5;;/h27-28,30-33,36,41H,5-22H2,1-4H3,(H,34,42)(H,35,37);25,27-30H,5-20H2,1-4H3,(H,31,32)(H,36,37);3,5-6H,1-2,4H2;2*1H2/t27-,28+,30+,31-,32+,33+;25-,27-,28+,29-,30-;3-;;/m010../s1. The van der Waals surface area contributed by atoms with E-state index in [9.17, 15) is 53.1 Å². The molecule has 0 bridgehead atoms. The predicted molar refractivity (Wildman–Crippen MR) is 366 cm³/mol. The lowest BCUT2D eigenvalue weighted by Gasteiger charge is -2.44. The number of ether oxygens (including phenoxy) is 10. The fourth-order valence-electron chi connectivity index (χ4n) is 10.4. The summed E-state index contributed by atoms with van der Waals surface area (Å²) in [6, 6.07) is -1.91. The quantitative estimate of drug-likeness (QED) is 0.0211. The third-order valence-corrected chi connectivity index (χ3v) is 15.0. The highest BCUT2D eigenvalue weighted by atomic mass is 32.1. The maximum absolute atomic E-state index is 12.0. The van der Waals surface area contributed by atoms with Gasteiger partial charge in [0.05, 0.1) is 25.4 Å². The van der Waals surface area contributed by atoms with Gasteiger partial charge in [0.2, 0.25) is 17.7 Å². The van der Waals surface area contributed by atoms with Crippen LogP contribution >= 0.6 is 27.0 Å². The molecule has 3 amide bonds. The lowest BCUT2D eigenvalue weighted by Crippen LogP contribution is -2.66. The van der Waals surface area contributed by atoms with Gasteiger partial charge in [0.1, 0.15) is 37.5 Å². The number of aliphatic hydroxyl groups is 4. The molecule has 31 heteroatoms. The summed E-state index contributed by atoms with van der Waals surface area (Å²) in [5, 5.41) is 51.0. The highest BCUT2D eigenvalue weighted by molar-refractivity contribution is 7.59. The number of carbonyl (C=O) groups is 10. The zero-order chi connectivity index (χ0) is 71.3. The Kier molecular flexibility index (Phi) is 60.5. The SMILES string of the molecule is CC(=O)N[C@H]1[C@H](OCCCCCCCCCCCCCCCC(=O)NC[C@H](O)CO)O[C@H](COC(C)=O)[C@H](OC(C)=O)[C@@H]1OC(C)=O.CC(=O)N[C@H]1[C@H](OCCCCCCCCCCCCCCCC(=O)O)O[C@H](COC(C)=O)[C@H](OC(C)=O)[C@@H]1OC(C)=O.NC[C@H](O)CO.S.S. The van der Waals surface area contributed by atoms with Crippen LogP contribution in [0.4, 0.5) is 0 Å². The topological polar surface area (TPSA) is 426 Å². The normalized spacial score (nSPS) is 20.7. The second kappa shape index (κ2) is 61.0. The van der Waals surface area contributed by atoms with Crippen LogP contribution in [0.25, 0.3) is 0 Å². The first-order valence-electron chi connectivity index (χ1n) is 34.1. The highest BCUT2D eigenvalue weighted by Crippen LogP contribution is 2.30. The van der Waals surface area contributed by atoms with Gasteiger partial charge in [-0.1, -0.05) is 141 Å². The van der Waals surface area contributed by atoms with Gasteiger partial charge in [-0.2, -0.15) is 27.0 Å². The molecule has 2 fully saturated rings. The van der Waals surface area contributed by atoms with E-state index in [4.69, 9.17) is 73.5 Å². The molecule has 0 saturated carbocycles. The van der Waals surface area contributed by atoms with Gasteiger partial charge in [-0.05, 0) is 25.7 Å². The molecule has 0 unspecified atom stereocenters. The van der Waals surface area contributed by atoms with Crippen molar-refractivity contribution >= 4 is 86.5 Å². The van der Waals surface area contributed by atoms with Crippen LogP contribution in [0.3, 0.4) is 0 Å². The molecule has 0 spiro atoms. The summed E-state index contributed by atoms with van der Waals surface area (Å²) in [6.07, 6.45) is 18.4. The van der Waals surface area contributed by atoms with Gasteiger partial charge < -0.3 is 94.6 Å². The molecule has 2 aliphatic rings. The van der Waals surface area contributed by atoms with Crippen molar-refractivity contribution < 1.29 is 121 Å². The van der Waals surface area contributed by atoms with Gasteiger partial charge in [0, 0.05) is 94.5 Å². The van der Waals surface area contributed by atoms with Gasteiger partial charge in [-0.15, -0.1) is 0 Å². The van der Waals surface area contributed by atoms with Crippen molar-refractivity contribution in [2.45, 2.75) is 309 Å². The summed E-state index contributed by atoms with van der Waals surface area (Å²) in [5.74, 6) is -5.36. The van der Waals surface area contributed by atoms with Gasteiger partial charge in [-0.25, -0.2) is 0 Å². The first-order chi connectivity index (χ1) is 45.3. The van der Waals surface area contributed by atoms with Crippen molar-refractivity contribution in [3.05, 3.63) is 0 Å². The maximum atomic E-state index is 12.0. The summed E-state index contributed by atoms with van der Waals surface area (Å²) in [7, 11) is 0. The molecule has 2 aliphatic heterocycles. The highest BCUT2D eigenvalue weighted by Gasteiger charge is 2.53. The van der Waals surface area contributed by atoms with Crippen molar-refractivity contribution in [2.75, 3.05) is 52.7 Å². The van der Waals surface area contributed by atoms with E-state index in [0.29, 0.717) is 19.6 Å². The molecule has 2 saturated heterocycles. The first kappa shape index (κ1) is 96.2. The number of amides is 3. The first-order valence-corrected chi connectivity index (χ1v) is 34.1. The van der Waals surface area contributed by atoms with Crippen LogP contribution < -0.4 is 21.7 Å². The minimum Gasteiger partial charge on any atom is -0.481 e. The van der Waals surface area contributed by atoms with E-state index >= 15 is 0 Å². The second-order valence-corrected chi connectivity index (χ2v) is 24.0. The molecule has 2 rings (SSSR count). The lowest BCUT2D eigenvalue weighted by molar-refractivity contribution is -0.277. The van der Waals surface area contributed by atoms with E-state index in [2.05, 4.69) is 16.0 Å². The molecule has 10 N–H and O–H groups in total. The fraction of sp³-hybridized carbons (Fsp3) is 0.848. The maximum Gasteiger partial charge on any atom is 0.303 e. The Morgan fingerprint density at radius 2 is 0.701 bits per heavy atom. The minimum absolute atomic E-state index is 0. The van der Waals surface area contributed by atoms with E-state index in [-0.39, 0.29) is 78.8 Å². The molecule has 2 heterocycles. The molecule has 12 atom stereocenters. The molecule has 0 aromatic heterocycles. The molecule has 97 heavy (non-hydrogen) atoms. The van der Waals surface area contributed by atoms with Crippen LogP contribution in [0.5, 0.6) is 0 Å². The van der Waals surface area contributed by atoms with Crippen LogP contribution in [0, 0.1) is 0 Å². The third-order valence-electron chi connectivity index (χ3n) is 15.0. The molecule has 0 aliphatic carbocycles. The summed E-state index contributed by atoms with van der Waals surface area (Å²) in [4.78, 5) is 117. The van der Waals surface area contributed by atoms with Crippen LogP contribution in [0.1, 0.15) is 235 Å². The zero-order valence-corrected chi connectivity index (χ0v) is 60.9. The zero-order valence-electron chi connectivity index (χ0n) is 58.9. The smallest absolute Gasteiger partial charge is 0.303 e. The van der Waals surface area contributed by atoms with Gasteiger partial charge in [-0.3, -0.25) is 47.9 Å². The van der Waals surface area contributed by atoms with Crippen LogP contribution in [0.15, 0.2) is 0 Å². The Balaban J connectivity index is -0.00000165. The number of hydrogen-bond donors (Lipinski definition) is 9. The monoisotopic (exact) mass is 1430 g/mol. The van der Waals surface area contributed by atoms with Gasteiger partial charge >= 0.3 is 41.8 Å². The van der Waals surface area contributed by atoms with Gasteiger partial charge in [0.15, 0.2) is 37.0 Å². The Bertz CT molecular complexity index is 2150. The van der Waals surface area contributed by atoms with E-state index in [1.807, 2.05) is 0 Å². The van der Waals surface area contributed by atoms with Crippen LogP contribution in [0.2, 0.25) is 0 Å². The van der Waals surface area contributed by atoms with Crippen LogP contribution in [-0.4, -0.2) is 211 Å². The van der Waals surface area contributed by atoms with Crippen molar-refractivity contribution in [3.8, 4) is 0 Å². The summed E-state index contributed by atoms with van der Waals surface area (Å²) in [6.45, 7) is 9.62. The number of nitrogens with two attached hydrogens (primary N) is 1. The van der Waals surface area contributed by atoms with Gasteiger partial charge in [0.25, 0.3) is 0 Å². The Labute approximate surface area is 588 Å². The number of hydrogen-bond acceptors (Lipinski definition) is 25. The van der Waals surface area contributed by atoms with E-state index in [1.54, 1.807) is 0 Å². The number of carboxylic acids is 1. The number of esters is 6.